The molecule has 0 spiro atoms. The molecule has 2 N–H and O–H groups in total. The Morgan fingerprint density at radius 2 is 2.05 bits per heavy atom. The Bertz CT molecular complexity index is 545. The van der Waals surface area contributed by atoms with Gasteiger partial charge in [0.1, 0.15) is 10.6 Å². The molecule has 1 aliphatic heterocycles. The van der Waals surface area contributed by atoms with Crippen molar-refractivity contribution in [1.82, 2.24) is 4.31 Å². The van der Waals surface area contributed by atoms with E-state index in [1.165, 1.54) is 11.4 Å². The average Bonchev–Trinajstić information content (AvgIpc) is 2.38. The zero-order valence-corrected chi connectivity index (χ0v) is 12.1. The molecular formula is C13H20N2O3S. The summed E-state index contributed by atoms with van der Waals surface area (Å²) >= 11 is 0. The third-order valence-electron chi connectivity index (χ3n) is 3.51. The second-order valence-corrected chi connectivity index (χ2v) is 6.76. The molecule has 0 amide bonds. The fourth-order valence-corrected chi connectivity index (χ4v) is 4.32. The molecule has 0 bridgehead atoms. The van der Waals surface area contributed by atoms with Gasteiger partial charge in [-0.15, -0.1) is 0 Å². The van der Waals surface area contributed by atoms with Crippen LogP contribution in [0.1, 0.15) is 19.8 Å². The highest BCUT2D eigenvalue weighted by Crippen LogP contribution is 2.30. The molecule has 106 valence electrons. The molecule has 19 heavy (non-hydrogen) atoms. The average molecular weight is 284 g/mol. The second-order valence-electron chi connectivity index (χ2n) is 4.90. The van der Waals surface area contributed by atoms with Gasteiger partial charge in [-0.25, -0.2) is 8.42 Å². The summed E-state index contributed by atoms with van der Waals surface area (Å²) in [7, 11) is -2.05. The number of benzene rings is 1. The van der Waals surface area contributed by atoms with Gasteiger partial charge in [-0.2, -0.15) is 4.31 Å². The van der Waals surface area contributed by atoms with Gasteiger partial charge in [-0.1, -0.05) is 12.1 Å². The lowest BCUT2D eigenvalue weighted by atomic mass is 10.0. The van der Waals surface area contributed by atoms with Gasteiger partial charge in [0.25, 0.3) is 0 Å². The Kier molecular flexibility index (Phi) is 4.13. The summed E-state index contributed by atoms with van der Waals surface area (Å²) in [6, 6.07) is 6.70. The van der Waals surface area contributed by atoms with Crippen molar-refractivity contribution in [1.29, 1.82) is 0 Å². The Hall–Kier alpha value is -1.11. The molecule has 1 heterocycles. The molecule has 1 fully saturated rings. The largest absolute Gasteiger partial charge is 0.495 e. The Morgan fingerprint density at radius 3 is 2.68 bits per heavy atom. The molecule has 1 aromatic carbocycles. The van der Waals surface area contributed by atoms with Crippen LogP contribution in [0.5, 0.6) is 5.75 Å². The topological polar surface area (TPSA) is 72.6 Å². The van der Waals surface area contributed by atoms with Gasteiger partial charge in [-0.05, 0) is 31.9 Å². The Labute approximate surface area is 114 Å². The first-order valence-corrected chi connectivity index (χ1v) is 7.81. The third-order valence-corrected chi connectivity index (χ3v) is 5.56. The first-order valence-electron chi connectivity index (χ1n) is 6.37. The minimum Gasteiger partial charge on any atom is -0.495 e. The first-order chi connectivity index (χ1) is 8.96. The van der Waals surface area contributed by atoms with E-state index in [1.54, 1.807) is 24.3 Å². The number of para-hydroxylation sites is 1. The van der Waals surface area contributed by atoms with Gasteiger partial charge in [0.2, 0.25) is 10.0 Å². The zero-order valence-electron chi connectivity index (χ0n) is 11.2. The number of piperidine rings is 1. The smallest absolute Gasteiger partial charge is 0.246 e. The highest BCUT2D eigenvalue weighted by Gasteiger charge is 2.34. The van der Waals surface area contributed by atoms with Crippen LogP contribution in [-0.4, -0.2) is 38.5 Å². The van der Waals surface area contributed by atoms with Crippen molar-refractivity contribution in [2.45, 2.75) is 36.7 Å². The van der Waals surface area contributed by atoms with Gasteiger partial charge < -0.3 is 10.5 Å². The van der Waals surface area contributed by atoms with Gasteiger partial charge in [0.05, 0.1) is 7.11 Å². The molecule has 5 nitrogen and oxygen atoms in total. The quantitative estimate of drug-likeness (QED) is 0.905. The van der Waals surface area contributed by atoms with Gasteiger partial charge in [0, 0.05) is 18.6 Å². The predicted octanol–water partition coefficient (Wildman–Crippen LogP) is 1.20. The Morgan fingerprint density at radius 1 is 1.37 bits per heavy atom. The van der Waals surface area contributed by atoms with Crippen LogP contribution in [0.25, 0.3) is 0 Å². The predicted molar refractivity (Wildman–Crippen MR) is 73.6 cm³/mol. The number of rotatable bonds is 3. The molecule has 0 aliphatic carbocycles. The summed E-state index contributed by atoms with van der Waals surface area (Å²) in [6.07, 6.45) is 1.38. The van der Waals surface area contributed by atoms with Crippen molar-refractivity contribution in [3.8, 4) is 5.75 Å². The molecular weight excluding hydrogens is 264 g/mol. The van der Waals surface area contributed by atoms with Gasteiger partial charge >= 0.3 is 0 Å². The fourth-order valence-electron chi connectivity index (χ4n) is 2.50. The Balaban J connectivity index is 2.37. The number of nitrogens with zero attached hydrogens (tertiary/aromatic N) is 1. The molecule has 2 atom stereocenters. The normalized spacial score (nSPS) is 25.2. The van der Waals surface area contributed by atoms with Crippen molar-refractivity contribution in [2.24, 2.45) is 5.73 Å². The van der Waals surface area contributed by atoms with E-state index < -0.39 is 10.0 Å². The van der Waals surface area contributed by atoms with Crippen molar-refractivity contribution >= 4 is 10.0 Å². The van der Waals surface area contributed by atoms with Crippen LogP contribution < -0.4 is 10.5 Å². The highest BCUT2D eigenvalue weighted by atomic mass is 32.2. The molecule has 0 radical (unpaired) electrons. The van der Waals surface area contributed by atoms with Crippen LogP contribution in [0, 0.1) is 0 Å². The number of ether oxygens (including phenoxy) is 1. The van der Waals surface area contributed by atoms with E-state index in [2.05, 4.69) is 0 Å². The van der Waals surface area contributed by atoms with Crippen molar-refractivity contribution in [3.63, 3.8) is 0 Å². The maximum Gasteiger partial charge on any atom is 0.246 e. The molecule has 2 rings (SSSR count). The van der Waals surface area contributed by atoms with E-state index in [9.17, 15) is 8.42 Å². The van der Waals surface area contributed by atoms with Crippen LogP contribution in [0.2, 0.25) is 0 Å². The summed E-state index contributed by atoms with van der Waals surface area (Å²) in [5, 5.41) is 0. The number of nitrogens with two attached hydrogens (primary N) is 1. The van der Waals surface area contributed by atoms with Gasteiger partial charge in [-0.3, -0.25) is 0 Å². The van der Waals surface area contributed by atoms with E-state index in [0.29, 0.717) is 25.1 Å². The number of sulfonamides is 1. The van der Waals surface area contributed by atoms with Crippen molar-refractivity contribution in [2.75, 3.05) is 13.7 Å². The maximum absolute atomic E-state index is 12.7. The summed E-state index contributed by atoms with van der Waals surface area (Å²) in [5.41, 5.74) is 5.88. The molecule has 1 aliphatic rings. The van der Waals surface area contributed by atoms with E-state index in [1.807, 2.05) is 6.92 Å². The van der Waals surface area contributed by atoms with Crippen LogP contribution in [-0.2, 0) is 10.0 Å². The summed E-state index contributed by atoms with van der Waals surface area (Å²) in [5.74, 6) is 0.379. The number of hydrogen-bond donors (Lipinski definition) is 1. The SMILES string of the molecule is COc1ccccc1S(=O)(=O)N1CC[C@H](N)C[C@@H]1C. The fraction of sp³-hybridized carbons (Fsp3) is 0.538. The molecule has 0 unspecified atom stereocenters. The lowest BCUT2D eigenvalue weighted by Crippen LogP contribution is -2.48. The molecule has 1 saturated heterocycles. The standard InChI is InChI=1S/C13H20N2O3S/c1-10-9-11(14)7-8-15(10)19(16,17)13-6-4-3-5-12(13)18-2/h3-6,10-11H,7-9,14H2,1-2H3/t10-,11-/m0/s1. The van der Waals surface area contributed by atoms with Crippen LogP contribution >= 0.6 is 0 Å². The van der Waals surface area contributed by atoms with E-state index >= 15 is 0 Å². The van der Waals surface area contributed by atoms with E-state index in [4.69, 9.17) is 10.5 Å². The number of methoxy groups -OCH3 is 1. The highest BCUT2D eigenvalue weighted by molar-refractivity contribution is 7.89. The zero-order chi connectivity index (χ0) is 14.0. The summed E-state index contributed by atoms with van der Waals surface area (Å²) in [6.45, 7) is 2.36. The summed E-state index contributed by atoms with van der Waals surface area (Å²) < 4.78 is 32.0. The molecule has 1 aromatic rings. The maximum atomic E-state index is 12.7. The second kappa shape index (κ2) is 5.48. The minimum atomic E-state index is -3.52. The van der Waals surface area contributed by atoms with Gasteiger partial charge in [0.15, 0.2) is 0 Å². The van der Waals surface area contributed by atoms with E-state index in [0.717, 1.165) is 0 Å². The van der Waals surface area contributed by atoms with Crippen molar-refractivity contribution < 1.29 is 13.2 Å². The third kappa shape index (κ3) is 2.75. The molecule has 0 saturated carbocycles. The molecule has 6 heteroatoms. The summed E-state index contributed by atoms with van der Waals surface area (Å²) in [4.78, 5) is 0.222. The van der Waals surface area contributed by atoms with Crippen molar-refractivity contribution in [3.05, 3.63) is 24.3 Å². The van der Waals surface area contributed by atoms with Crippen LogP contribution in [0.4, 0.5) is 0 Å². The lowest BCUT2D eigenvalue weighted by molar-refractivity contribution is 0.246. The minimum absolute atomic E-state index is 0.0825. The molecule has 0 aromatic heterocycles. The van der Waals surface area contributed by atoms with Crippen LogP contribution in [0.15, 0.2) is 29.2 Å². The first kappa shape index (κ1) is 14.3. The monoisotopic (exact) mass is 284 g/mol. The van der Waals surface area contributed by atoms with Crippen LogP contribution in [0.3, 0.4) is 0 Å². The van der Waals surface area contributed by atoms with E-state index in [-0.39, 0.29) is 17.0 Å². The lowest BCUT2D eigenvalue weighted by Gasteiger charge is -2.35. The number of hydrogen-bond acceptors (Lipinski definition) is 4.